The van der Waals surface area contributed by atoms with Crippen molar-refractivity contribution in [3.05, 3.63) is 17.3 Å². The van der Waals surface area contributed by atoms with Crippen LogP contribution in [-0.4, -0.2) is 39.0 Å². The van der Waals surface area contributed by atoms with Gasteiger partial charge in [0, 0.05) is 18.4 Å². The van der Waals surface area contributed by atoms with Gasteiger partial charge in [0.25, 0.3) is 0 Å². The van der Waals surface area contributed by atoms with Gasteiger partial charge in [0.2, 0.25) is 0 Å². The molecule has 0 atom stereocenters. The van der Waals surface area contributed by atoms with Gasteiger partial charge in [-0.2, -0.15) is 0 Å². The SMILES string of the molecule is CS(=O)(=O)c1cc(OC2COC2)cc(Cl)n1. The molecule has 0 spiro atoms. The standard InChI is InChI=1S/C9H10ClNO4S/c1-16(12,13)9-3-6(2-8(10)11-9)15-7-4-14-5-7/h2-3,7H,4-5H2,1H3. The van der Waals surface area contributed by atoms with Gasteiger partial charge < -0.3 is 9.47 Å². The van der Waals surface area contributed by atoms with Crippen LogP contribution >= 0.6 is 11.6 Å². The summed E-state index contributed by atoms with van der Waals surface area (Å²) >= 11 is 5.71. The van der Waals surface area contributed by atoms with Crippen molar-refractivity contribution in [1.82, 2.24) is 4.98 Å². The Morgan fingerprint density at radius 1 is 1.50 bits per heavy atom. The van der Waals surface area contributed by atoms with Crippen LogP contribution in [0.4, 0.5) is 0 Å². The molecule has 1 aromatic rings. The van der Waals surface area contributed by atoms with Crippen molar-refractivity contribution in [3.63, 3.8) is 0 Å². The number of ether oxygens (including phenoxy) is 2. The van der Waals surface area contributed by atoms with E-state index in [1.54, 1.807) is 0 Å². The first kappa shape index (κ1) is 11.6. The Bertz CT molecular complexity index is 498. The highest BCUT2D eigenvalue weighted by molar-refractivity contribution is 7.90. The maximum Gasteiger partial charge on any atom is 0.192 e. The third-order valence-corrected chi connectivity index (χ3v) is 3.20. The van der Waals surface area contributed by atoms with Crippen molar-refractivity contribution in [2.45, 2.75) is 11.1 Å². The largest absolute Gasteiger partial charge is 0.485 e. The van der Waals surface area contributed by atoms with E-state index in [9.17, 15) is 8.42 Å². The number of pyridine rings is 1. The van der Waals surface area contributed by atoms with Crippen molar-refractivity contribution >= 4 is 21.4 Å². The smallest absolute Gasteiger partial charge is 0.192 e. The minimum absolute atomic E-state index is 0.0362. The first-order valence-corrected chi connectivity index (χ1v) is 6.84. The van der Waals surface area contributed by atoms with E-state index in [0.717, 1.165) is 6.26 Å². The molecule has 1 aliphatic rings. The molecule has 0 N–H and O–H groups in total. The molecule has 2 rings (SSSR count). The molecule has 0 bridgehead atoms. The molecular formula is C9H10ClNO4S. The van der Waals surface area contributed by atoms with Gasteiger partial charge in [0.1, 0.15) is 17.0 Å². The molecular weight excluding hydrogens is 254 g/mol. The highest BCUT2D eigenvalue weighted by Gasteiger charge is 2.21. The minimum atomic E-state index is -3.38. The summed E-state index contributed by atoms with van der Waals surface area (Å²) in [4.78, 5) is 3.72. The van der Waals surface area contributed by atoms with E-state index in [1.165, 1.54) is 12.1 Å². The summed E-state index contributed by atoms with van der Waals surface area (Å²) in [6.07, 6.45) is 1.04. The quantitative estimate of drug-likeness (QED) is 0.759. The summed E-state index contributed by atoms with van der Waals surface area (Å²) < 4.78 is 33.0. The second kappa shape index (κ2) is 4.20. The predicted molar refractivity (Wildman–Crippen MR) is 57.6 cm³/mol. The normalized spacial score (nSPS) is 16.9. The summed E-state index contributed by atoms with van der Waals surface area (Å²) in [5, 5.41) is 0.00779. The Hall–Kier alpha value is -0.850. The van der Waals surface area contributed by atoms with Gasteiger partial charge in [-0.3, -0.25) is 0 Å². The Kier molecular flexibility index (Phi) is 3.05. The monoisotopic (exact) mass is 263 g/mol. The van der Waals surface area contributed by atoms with Gasteiger partial charge in [-0.15, -0.1) is 0 Å². The Morgan fingerprint density at radius 3 is 2.69 bits per heavy atom. The summed E-state index contributed by atoms with van der Waals surface area (Å²) in [7, 11) is -3.38. The average molecular weight is 264 g/mol. The van der Waals surface area contributed by atoms with E-state index < -0.39 is 9.84 Å². The molecule has 0 aromatic carbocycles. The van der Waals surface area contributed by atoms with Crippen LogP contribution in [0.25, 0.3) is 0 Å². The zero-order valence-corrected chi connectivity index (χ0v) is 10.1. The van der Waals surface area contributed by atoms with E-state index in [4.69, 9.17) is 21.1 Å². The van der Waals surface area contributed by atoms with Gasteiger partial charge in [0.05, 0.1) is 13.2 Å². The summed E-state index contributed by atoms with van der Waals surface area (Å²) in [5.41, 5.74) is 0. The zero-order valence-electron chi connectivity index (χ0n) is 8.51. The zero-order chi connectivity index (χ0) is 11.8. The first-order chi connectivity index (χ1) is 7.45. The van der Waals surface area contributed by atoms with Crippen LogP contribution in [0.1, 0.15) is 0 Å². The van der Waals surface area contributed by atoms with Crippen molar-refractivity contribution < 1.29 is 17.9 Å². The lowest BCUT2D eigenvalue weighted by molar-refractivity contribution is -0.0797. The molecule has 0 saturated carbocycles. The number of aromatic nitrogens is 1. The summed E-state index contributed by atoms with van der Waals surface area (Å²) in [6, 6.07) is 2.84. The second-order valence-corrected chi connectivity index (χ2v) is 5.86. The maximum atomic E-state index is 11.3. The van der Waals surface area contributed by atoms with Gasteiger partial charge in [0.15, 0.2) is 14.9 Å². The fourth-order valence-corrected chi connectivity index (χ4v) is 2.03. The maximum absolute atomic E-state index is 11.3. The fourth-order valence-electron chi connectivity index (χ4n) is 1.18. The Balaban J connectivity index is 2.28. The number of rotatable bonds is 3. The molecule has 0 radical (unpaired) electrons. The van der Waals surface area contributed by atoms with Crippen LogP contribution in [-0.2, 0) is 14.6 Å². The van der Waals surface area contributed by atoms with Crippen molar-refractivity contribution in [1.29, 1.82) is 0 Å². The molecule has 5 nitrogen and oxygen atoms in total. The van der Waals surface area contributed by atoms with Crippen LogP contribution in [0.2, 0.25) is 5.15 Å². The third-order valence-electron chi connectivity index (χ3n) is 2.03. The lowest BCUT2D eigenvalue weighted by atomic mass is 10.3. The Labute approximate surface area is 98.3 Å². The van der Waals surface area contributed by atoms with E-state index in [0.29, 0.717) is 19.0 Å². The van der Waals surface area contributed by atoms with Gasteiger partial charge in [-0.1, -0.05) is 11.6 Å². The van der Waals surface area contributed by atoms with Gasteiger partial charge >= 0.3 is 0 Å². The Morgan fingerprint density at radius 2 is 2.19 bits per heavy atom. The van der Waals surface area contributed by atoms with E-state index in [-0.39, 0.29) is 16.3 Å². The molecule has 0 aliphatic carbocycles. The number of sulfone groups is 1. The molecule has 0 amide bonds. The molecule has 1 aliphatic heterocycles. The van der Waals surface area contributed by atoms with E-state index in [1.807, 2.05) is 0 Å². The molecule has 0 unspecified atom stereocenters. The first-order valence-electron chi connectivity index (χ1n) is 4.57. The molecule has 2 heterocycles. The lowest BCUT2D eigenvalue weighted by Gasteiger charge is -2.26. The molecule has 16 heavy (non-hydrogen) atoms. The number of nitrogens with zero attached hydrogens (tertiary/aromatic N) is 1. The predicted octanol–water partition coefficient (Wildman–Crippen LogP) is 0.916. The number of hydrogen-bond acceptors (Lipinski definition) is 5. The highest BCUT2D eigenvalue weighted by atomic mass is 35.5. The van der Waals surface area contributed by atoms with Crippen LogP contribution in [0.5, 0.6) is 5.75 Å². The lowest BCUT2D eigenvalue weighted by Crippen LogP contribution is -2.38. The van der Waals surface area contributed by atoms with E-state index >= 15 is 0 Å². The topological polar surface area (TPSA) is 65.5 Å². The van der Waals surface area contributed by atoms with Crippen molar-refractivity contribution in [3.8, 4) is 5.75 Å². The van der Waals surface area contributed by atoms with Crippen LogP contribution in [0.3, 0.4) is 0 Å². The van der Waals surface area contributed by atoms with Crippen molar-refractivity contribution in [2.75, 3.05) is 19.5 Å². The van der Waals surface area contributed by atoms with Crippen LogP contribution < -0.4 is 4.74 Å². The molecule has 1 fully saturated rings. The third kappa shape index (κ3) is 2.63. The van der Waals surface area contributed by atoms with Crippen LogP contribution in [0.15, 0.2) is 17.2 Å². The van der Waals surface area contributed by atoms with Crippen LogP contribution in [0, 0.1) is 0 Å². The minimum Gasteiger partial charge on any atom is -0.485 e. The molecule has 7 heteroatoms. The highest BCUT2D eigenvalue weighted by Crippen LogP contribution is 2.22. The van der Waals surface area contributed by atoms with E-state index in [2.05, 4.69) is 4.98 Å². The summed E-state index contributed by atoms with van der Waals surface area (Å²) in [6.45, 7) is 1.02. The molecule has 1 aromatic heterocycles. The van der Waals surface area contributed by atoms with Crippen molar-refractivity contribution in [2.24, 2.45) is 0 Å². The number of halogens is 1. The number of hydrogen-bond donors (Lipinski definition) is 0. The molecule has 88 valence electrons. The average Bonchev–Trinajstić information content (AvgIpc) is 2.09. The van der Waals surface area contributed by atoms with Gasteiger partial charge in [-0.05, 0) is 0 Å². The second-order valence-electron chi connectivity index (χ2n) is 3.51. The molecule has 1 saturated heterocycles. The summed E-state index contributed by atoms with van der Waals surface area (Å²) in [5.74, 6) is 0.397. The van der Waals surface area contributed by atoms with Gasteiger partial charge in [-0.25, -0.2) is 13.4 Å². The fraction of sp³-hybridized carbons (Fsp3) is 0.444.